The number of aromatic nitrogens is 1. The van der Waals surface area contributed by atoms with Crippen molar-refractivity contribution >= 4 is 16.6 Å². The van der Waals surface area contributed by atoms with E-state index in [1.807, 2.05) is 49.4 Å². The second kappa shape index (κ2) is 4.87. The number of nitrogen functional groups attached to an aromatic ring is 1. The summed E-state index contributed by atoms with van der Waals surface area (Å²) in [5.41, 5.74) is 5.90. The van der Waals surface area contributed by atoms with Gasteiger partial charge in [0.1, 0.15) is 5.82 Å². The van der Waals surface area contributed by atoms with Crippen LogP contribution in [0.25, 0.3) is 10.8 Å². The topological polar surface area (TPSA) is 48.0 Å². The molecule has 0 unspecified atom stereocenters. The van der Waals surface area contributed by atoms with Crippen LogP contribution in [0.5, 0.6) is 0 Å². The molecule has 1 aromatic heterocycles. The molecule has 0 atom stereocenters. The second-order valence-electron chi connectivity index (χ2n) is 3.97. The van der Waals surface area contributed by atoms with E-state index in [0.29, 0.717) is 12.4 Å². The summed E-state index contributed by atoms with van der Waals surface area (Å²) in [5.74, 6) is 0.526. The Balaban J connectivity index is 2.52. The van der Waals surface area contributed by atoms with Gasteiger partial charge in [0.05, 0.1) is 0 Å². The molecule has 3 nitrogen and oxygen atoms in total. The number of benzene rings is 1. The summed E-state index contributed by atoms with van der Waals surface area (Å²) in [7, 11) is 0. The van der Waals surface area contributed by atoms with Crippen LogP contribution in [-0.2, 0) is 6.54 Å². The standard InChI is InChI=1S/C14H16N2O/c1-2-3-6-9-16-13(15)10-11-7-4-5-8-12(11)14(16)17/h2-5,7-8,10H,6,9,15H2,1H3/b3-2+. The molecule has 0 aliphatic rings. The van der Waals surface area contributed by atoms with Gasteiger partial charge in [-0.3, -0.25) is 9.36 Å². The van der Waals surface area contributed by atoms with Crippen molar-refractivity contribution in [1.29, 1.82) is 0 Å². The van der Waals surface area contributed by atoms with Crippen molar-refractivity contribution in [3.63, 3.8) is 0 Å². The average Bonchev–Trinajstić information content (AvgIpc) is 2.33. The van der Waals surface area contributed by atoms with Crippen molar-refractivity contribution in [2.24, 2.45) is 0 Å². The first-order valence-electron chi connectivity index (χ1n) is 5.73. The molecule has 1 heterocycles. The normalized spacial score (nSPS) is 11.4. The number of fused-ring (bicyclic) bond motifs is 1. The summed E-state index contributed by atoms with van der Waals surface area (Å²) < 4.78 is 1.63. The maximum absolute atomic E-state index is 12.2. The molecular weight excluding hydrogens is 212 g/mol. The molecule has 0 aliphatic heterocycles. The minimum Gasteiger partial charge on any atom is -0.385 e. The van der Waals surface area contributed by atoms with Crippen molar-refractivity contribution in [2.75, 3.05) is 5.73 Å². The van der Waals surface area contributed by atoms with Crippen LogP contribution in [0, 0.1) is 0 Å². The van der Waals surface area contributed by atoms with Gasteiger partial charge in [0, 0.05) is 11.9 Å². The molecule has 0 aliphatic carbocycles. The number of pyridine rings is 1. The molecule has 2 rings (SSSR count). The van der Waals surface area contributed by atoms with Crippen molar-refractivity contribution in [3.8, 4) is 0 Å². The lowest BCUT2D eigenvalue weighted by atomic mass is 10.1. The Bertz CT molecular complexity index is 611. The minimum atomic E-state index is -0.00916. The first-order chi connectivity index (χ1) is 8.24. The van der Waals surface area contributed by atoms with Crippen LogP contribution in [0.2, 0.25) is 0 Å². The van der Waals surface area contributed by atoms with Crippen LogP contribution < -0.4 is 11.3 Å². The SMILES string of the molecule is C/C=C/CCn1c(N)cc2ccccc2c1=O. The third kappa shape index (κ3) is 2.23. The molecule has 0 amide bonds. The highest BCUT2D eigenvalue weighted by Gasteiger charge is 2.05. The molecular formula is C14H16N2O. The first kappa shape index (κ1) is 11.5. The van der Waals surface area contributed by atoms with Crippen LogP contribution >= 0.6 is 0 Å². The monoisotopic (exact) mass is 228 g/mol. The lowest BCUT2D eigenvalue weighted by Gasteiger charge is -2.09. The van der Waals surface area contributed by atoms with Gasteiger partial charge in [-0.25, -0.2) is 0 Å². The quantitative estimate of drug-likeness (QED) is 0.821. The number of nitrogens with zero attached hydrogens (tertiary/aromatic N) is 1. The zero-order valence-corrected chi connectivity index (χ0v) is 9.89. The van der Waals surface area contributed by atoms with Gasteiger partial charge in [-0.1, -0.05) is 30.4 Å². The maximum atomic E-state index is 12.2. The van der Waals surface area contributed by atoms with Crippen molar-refractivity contribution in [2.45, 2.75) is 19.9 Å². The second-order valence-corrected chi connectivity index (χ2v) is 3.97. The average molecular weight is 228 g/mol. The number of hydrogen-bond donors (Lipinski definition) is 1. The molecule has 2 N–H and O–H groups in total. The maximum Gasteiger partial charge on any atom is 0.259 e. The highest BCUT2D eigenvalue weighted by molar-refractivity contribution is 5.83. The van der Waals surface area contributed by atoms with E-state index in [1.165, 1.54) is 0 Å². The first-order valence-corrected chi connectivity index (χ1v) is 5.73. The Labute approximate surface area is 100 Å². The van der Waals surface area contributed by atoms with E-state index >= 15 is 0 Å². The zero-order chi connectivity index (χ0) is 12.3. The van der Waals surface area contributed by atoms with Gasteiger partial charge in [-0.15, -0.1) is 0 Å². The molecule has 2 aromatic rings. The molecule has 0 saturated heterocycles. The minimum absolute atomic E-state index is 0.00916. The van der Waals surface area contributed by atoms with E-state index in [4.69, 9.17) is 5.73 Å². The third-order valence-electron chi connectivity index (χ3n) is 2.81. The molecule has 0 saturated carbocycles. The molecule has 17 heavy (non-hydrogen) atoms. The number of hydrogen-bond acceptors (Lipinski definition) is 2. The summed E-state index contributed by atoms with van der Waals surface area (Å²) in [4.78, 5) is 12.2. The van der Waals surface area contributed by atoms with Gasteiger partial charge in [0.15, 0.2) is 0 Å². The highest BCUT2D eigenvalue weighted by Crippen LogP contribution is 2.13. The lowest BCUT2D eigenvalue weighted by Crippen LogP contribution is -2.22. The number of rotatable bonds is 3. The van der Waals surface area contributed by atoms with Crippen LogP contribution in [0.3, 0.4) is 0 Å². The smallest absolute Gasteiger partial charge is 0.259 e. The van der Waals surface area contributed by atoms with Gasteiger partial charge in [-0.05, 0) is 30.9 Å². The lowest BCUT2D eigenvalue weighted by molar-refractivity contribution is 0.697. The van der Waals surface area contributed by atoms with Crippen LogP contribution in [0.15, 0.2) is 47.3 Å². The Kier molecular flexibility index (Phi) is 3.28. The van der Waals surface area contributed by atoms with Crippen molar-refractivity contribution in [1.82, 2.24) is 4.57 Å². The van der Waals surface area contributed by atoms with Gasteiger partial charge in [0.25, 0.3) is 5.56 Å². The summed E-state index contributed by atoms with van der Waals surface area (Å²) in [6, 6.07) is 9.38. The van der Waals surface area contributed by atoms with E-state index in [1.54, 1.807) is 4.57 Å². The fourth-order valence-electron chi connectivity index (χ4n) is 1.92. The van der Waals surface area contributed by atoms with Gasteiger partial charge < -0.3 is 5.73 Å². The molecule has 0 bridgehead atoms. The zero-order valence-electron chi connectivity index (χ0n) is 9.89. The molecule has 1 aromatic carbocycles. The van der Waals surface area contributed by atoms with E-state index in [9.17, 15) is 4.79 Å². The van der Waals surface area contributed by atoms with E-state index in [0.717, 1.165) is 17.2 Å². The fourth-order valence-corrected chi connectivity index (χ4v) is 1.92. The molecule has 88 valence electrons. The summed E-state index contributed by atoms with van der Waals surface area (Å²) in [6.45, 7) is 2.59. The van der Waals surface area contributed by atoms with E-state index < -0.39 is 0 Å². The fraction of sp³-hybridized carbons (Fsp3) is 0.214. The number of anilines is 1. The summed E-state index contributed by atoms with van der Waals surface area (Å²) >= 11 is 0. The predicted octanol–water partition coefficient (Wildman–Crippen LogP) is 2.55. The Morgan fingerprint density at radius 1 is 1.35 bits per heavy atom. The Hall–Kier alpha value is -2.03. The summed E-state index contributed by atoms with van der Waals surface area (Å²) in [5, 5.41) is 1.62. The highest BCUT2D eigenvalue weighted by atomic mass is 16.1. The van der Waals surface area contributed by atoms with E-state index in [-0.39, 0.29) is 5.56 Å². The number of nitrogens with two attached hydrogens (primary N) is 1. The van der Waals surface area contributed by atoms with Crippen LogP contribution in [-0.4, -0.2) is 4.57 Å². The van der Waals surface area contributed by atoms with Crippen molar-refractivity contribution < 1.29 is 0 Å². The van der Waals surface area contributed by atoms with Gasteiger partial charge in [-0.2, -0.15) is 0 Å². The summed E-state index contributed by atoms with van der Waals surface area (Å²) in [6.07, 6.45) is 4.82. The molecule has 3 heteroatoms. The Morgan fingerprint density at radius 2 is 2.12 bits per heavy atom. The van der Waals surface area contributed by atoms with E-state index in [2.05, 4.69) is 0 Å². The predicted molar refractivity (Wildman–Crippen MR) is 72.1 cm³/mol. The van der Waals surface area contributed by atoms with Crippen LogP contribution in [0.4, 0.5) is 5.82 Å². The number of allylic oxidation sites excluding steroid dienone is 2. The molecule has 0 radical (unpaired) electrons. The third-order valence-corrected chi connectivity index (χ3v) is 2.81. The largest absolute Gasteiger partial charge is 0.385 e. The van der Waals surface area contributed by atoms with Gasteiger partial charge >= 0.3 is 0 Å². The van der Waals surface area contributed by atoms with Crippen molar-refractivity contribution in [3.05, 3.63) is 52.8 Å². The Morgan fingerprint density at radius 3 is 2.88 bits per heavy atom. The van der Waals surface area contributed by atoms with Gasteiger partial charge in [0.2, 0.25) is 0 Å². The van der Waals surface area contributed by atoms with Crippen LogP contribution in [0.1, 0.15) is 13.3 Å². The molecule has 0 spiro atoms. The molecule has 0 fully saturated rings.